The molecule has 0 aliphatic carbocycles. The van der Waals surface area contributed by atoms with Gasteiger partial charge in [-0.15, -0.1) is 0 Å². The molecule has 0 spiro atoms. The van der Waals surface area contributed by atoms with Gasteiger partial charge in [0.15, 0.2) is 6.61 Å². The molecule has 0 saturated carbocycles. The van der Waals surface area contributed by atoms with Crippen LogP contribution < -0.4 is 10.1 Å². The number of amides is 1. The number of benzene rings is 1. The molecule has 1 amide bonds. The van der Waals surface area contributed by atoms with E-state index in [0.29, 0.717) is 0 Å². The van der Waals surface area contributed by atoms with E-state index in [0.717, 1.165) is 12.1 Å². The molecule has 1 N–H and O–H groups in total. The fourth-order valence-corrected chi connectivity index (χ4v) is 2.04. The Kier molecular flexibility index (Phi) is 5.61. The molecule has 0 bridgehead atoms. The largest absolute Gasteiger partial charge is 0.468 e. The van der Waals surface area contributed by atoms with E-state index in [1.54, 1.807) is 0 Å². The first-order chi connectivity index (χ1) is 11.3. The third-order valence-electron chi connectivity index (χ3n) is 2.84. The van der Waals surface area contributed by atoms with Crippen LogP contribution in [0.25, 0.3) is 0 Å². The number of aromatic nitrogens is 1. The molecule has 0 atom stereocenters. The Hall–Kier alpha value is -2.35. The predicted octanol–water partition coefficient (Wildman–Crippen LogP) is 3.75. The summed E-state index contributed by atoms with van der Waals surface area (Å²) in [5, 5.41) is 2.39. The molecule has 0 aliphatic rings. The molecule has 0 unspecified atom stereocenters. The summed E-state index contributed by atoms with van der Waals surface area (Å²) in [6, 6.07) is 6.22. The van der Waals surface area contributed by atoms with Gasteiger partial charge in [0.25, 0.3) is 5.91 Å². The van der Waals surface area contributed by atoms with Crippen LogP contribution in [0.15, 0.2) is 36.5 Å². The van der Waals surface area contributed by atoms with Gasteiger partial charge in [0.05, 0.1) is 10.6 Å². The van der Waals surface area contributed by atoms with E-state index in [-0.39, 0.29) is 28.6 Å². The molecule has 4 nitrogen and oxygen atoms in total. The summed E-state index contributed by atoms with van der Waals surface area (Å²) < 4.78 is 54.2. The molecule has 0 radical (unpaired) electrons. The van der Waals surface area contributed by atoms with Gasteiger partial charge in [-0.2, -0.15) is 13.2 Å². The lowest BCUT2D eigenvalue weighted by Crippen LogP contribution is -2.24. The second-order valence-corrected chi connectivity index (χ2v) is 5.09. The van der Waals surface area contributed by atoms with Crippen molar-refractivity contribution >= 4 is 17.5 Å². The molecule has 2 aromatic rings. The predicted molar refractivity (Wildman–Crippen MR) is 78.4 cm³/mol. The number of rotatable bonds is 5. The fraction of sp³-hybridized carbons (Fsp3) is 0.200. The van der Waals surface area contributed by atoms with Crippen LogP contribution in [0.2, 0.25) is 5.02 Å². The molecular weight excluding hydrogens is 352 g/mol. The zero-order valence-corrected chi connectivity index (χ0v) is 12.8. The van der Waals surface area contributed by atoms with Crippen LogP contribution in [0.5, 0.6) is 5.88 Å². The molecule has 1 aromatic carbocycles. The van der Waals surface area contributed by atoms with Crippen LogP contribution >= 0.6 is 11.6 Å². The Labute approximate surface area is 139 Å². The first kappa shape index (κ1) is 18.0. The van der Waals surface area contributed by atoms with Gasteiger partial charge in [-0.05, 0) is 24.3 Å². The summed E-state index contributed by atoms with van der Waals surface area (Å²) >= 11 is 5.77. The maximum absolute atomic E-state index is 13.0. The van der Waals surface area contributed by atoms with Gasteiger partial charge in [0.2, 0.25) is 5.88 Å². The Morgan fingerprint density at radius 2 is 2.04 bits per heavy atom. The van der Waals surface area contributed by atoms with Crippen LogP contribution in [0.4, 0.5) is 17.6 Å². The number of carbonyl (C=O) groups excluding carboxylic acids is 1. The number of pyridine rings is 1. The molecule has 0 aliphatic heterocycles. The highest BCUT2D eigenvalue weighted by Crippen LogP contribution is 2.21. The van der Waals surface area contributed by atoms with Crippen LogP contribution in [-0.4, -0.2) is 23.7 Å². The van der Waals surface area contributed by atoms with Crippen LogP contribution in [-0.2, 0) is 6.54 Å². The summed E-state index contributed by atoms with van der Waals surface area (Å²) in [4.78, 5) is 15.7. The number of hydrogen-bond donors (Lipinski definition) is 1. The summed E-state index contributed by atoms with van der Waals surface area (Å²) in [5.41, 5.74) is 0.299. The third-order valence-corrected chi connectivity index (χ3v) is 3.15. The summed E-state index contributed by atoms with van der Waals surface area (Å²) in [7, 11) is 0. The molecule has 1 aromatic heterocycles. The van der Waals surface area contributed by atoms with E-state index in [1.165, 1.54) is 24.4 Å². The van der Waals surface area contributed by atoms with E-state index in [2.05, 4.69) is 15.0 Å². The van der Waals surface area contributed by atoms with E-state index in [4.69, 9.17) is 11.6 Å². The van der Waals surface area contributed by atoms with Crippen molar-refractivity contribution in [1.29, 1.82) is 0 Å². The second kappa shape index (κ2) is 7.48. The van der Waals surface area contributed by atoms with Gasteiger partial charge < -0.3 is 10.1 Å². The molecular formula is C15H11ClF4N2O2. The van der Waals surface area contributed by atoms with Crippen LogP contribution in [0.3, 0.4) is 0 Å². The number of halogens is 5. The van der Waals surface area contributed by atoms with Crippen molar-refractivity contribution in [2.24, 2.45) is 0 Å². The molecule has 0 saturated heterocycles. The Morgan fingerprint density at radius 3 is 2.71 bits per heavy atom. The Morgan fingerprint density at radius 1 is 1.29 bits per heavy atom. The standard InChI is InChI=1S/C15H11ClF4N2O2/c16-12-6-10(17)3-4-11(12)13(23)22-7-9-2-1-5-21-14(9)24-8-15(18,19)20/h1-6H,7-8H2,(H,22,23). The number of nitrogens with zero attached hydrogens (tertiary/aromatic N) is 1. The minimum atomic E-state index is -4.50. The van der Waals surface area contributed by atoms with Crippen molar-refractivity contribution in [2.75, 3.05) is 6.61 Å². The van der Waals surface area contributed by atoms with Gasteiger partial charge in [-0.25, -0.2) is 9.37 Å². The minimum absolute atomic E-state index is 0.0414. The number of carbonyl (C=O) groups is 1. The zero-order valence-electron chi connectivity index (χ0n) is 12.0. The highest BCUT2D eigenvalue weighted by atomic mass is 35.5. The molecule has 128 valence electrons. The summed E-state index contributed by atoms with van der Waals surface area (Å²) in [5.74, 6) is -1.43. The van der Waals surface area contributed by atoms with E-state index < -0.39 is 24.5 Å². The third kappa shape index (κ3) is 5.09. The van der Waals surface area contributed by atoms with Gasteiger partial charge in [-0.1, -0.05) is 17.7 Å². The second-order valence-electron chi connectivity index (χ2n) is 4.68. The normalized spacial score (nSPS) is 11.2. The van der Waals surface area contributed by atoms with Crippen molar-refractivity contribution < 1.29 is 27.1 Å². The summed E-state index contributed by atoms with van der Waals surface area (Å²) in [6.07, 6.45) is -3.23. The average Bonchev–Trinajstić information content (AvgIpc) is 2.50. The van der Waals surface area contributed by atoms with Crippen LogP contribution in [0.1, 0.15) is 15.9 Å². The zero-order chi connectivity index (χ0) is 17.7. The van der Waals surface area contributed by atoms with Crippen molar-refractivity contribution in [3.05, 3.63) is 58.5 Å². The Bertz CT molecular complexity index is 738. The lowest BCUT2D eigenvalue weighted by molar-refractivity contribution is -0.154. The number of alkyl halides is 3. The van der Waals surface area contributed by atoms with Crippen molar-refractivity contribution in [2.45, 2.75) is 12.7 Å². The van der Waals surface area contributed by atoms with Crippen molar-refractivity contribution in [3.8, 4) is 5.88 Å². The van der Waals surface area contributed by atoms with Gasteiger partial charge in [0.1, 0.15) is 5.82 Å². The van der Waals surface area contributed by atoms with Crippen molar-refractivity contribution in [3.63, 3.8) is 0 Å². The van der Waals surface area contributed by atoms with Crippen molar-refractivity contribution in [1.82, 2.24) is 10.3 Å². The SMILES string of the molecule is O=C(NCc1cccnc1OCC(F)(F)F)c1ccc(F)cc1Cl. The number of nitrogens with one attached hydrogen (secondary N) is 1. The van der Waals surface area contributed by atoms with Gasteiger partial charge in [-0.3, -0.25) is 4.79 Å². The molecule has 24 heavy (non-hydrogen) atoms. The van der Waals surface area contributed by atoms with E-state index in [1.807, 2.05) is 0 Å². The van der Waals surface area contributed by atoms with Gasteiger partial charge >= 0.3 is 6.18 Å². The molecule has 2 rings (SSSR count). The Balaban J connectivity index is 2.05. The monoisotopic (exact) mass is 362 g/mol. The topological polar surface area (TPSA) is 51.2 Å². The maximum atomic E-state index is 13.0. The molecule has 0 fully saturated rings. The quantitative estimate of drug-likeness (QED) is 0.824. The fourth-order valence-electron chi connectivity index (χ4n) is 1.78. The number of hydrogen-bond acceptors (Lipinski definition) is 3. The highest BCUT2D eigenvalue weighted by Gasteiger charge is 2.29. The lowest BCUT2D eigenvalue weighted by atomic mass is 10.2. The van der Waals surface area contributed by atoms with E-state index in [9.17, 15) is 22.4 Å². The number of ether oxygens (including phenoxy) is 1. The molecule has 1 heterocycles. The smallest absolute Gasteiger partial charge is 0.422 e. The average molecular weight is 363 g/mol. The lowest BCUT2D eigenvalue weighted by Gasteiger charge is -2.12. The first-order valence-electron chi connectivity index (χ1n) is 6.63. The summed E-state index contributed by atoms with van der Waals surface area (Å²) in [6.45, 7) is -1.62. The van der Waals surface area contributed by atoms with Crippen LogP contribution in [0, 0.1) is 5.82 Å². The maximum Gasteiger partial charge on any atom is 0.422 e. The first-order valence-corrected chi connectivity index (χ1v) is 7.01. The minimum Gasteiger partial charge on any atom is -0.468 e. The molecule has 9 heteroatoms. The highest BCUT2D eigenvalue weighted by molar-refractivity contribution is 6.33. The van der Waals surface area contributed by atoms with Gasteiger partial charge in [0, 0.05) is 18.3 Å². The van der Waals surface area contributed by atoms with E-state index >= 15 is 0 Å².